The van der Waals surface area contributed by atoms with Gasteiger partial charge in [-0.25, -0.2) is 0 Å². The van der Waals surface area contributed by atoms with Crippen LogP contribution in [0.15, 0.2) is 29.7 Å². The normalized spacial score (nSPS) is 12.2. The average molecular weight is 290 g/mol. The molecule has 0 saturated carbocycles. The Kier molecular flexibility index (Phi) is 4.44. The van der Waals surface area contributed by atoms with Crippen molar-refractivity contribution >= 4 is 23.4 Å². The molecule has 0 fully saturated rings. The summed E-state index contributed by atoms with van der Waals surface area (Å²) >= 11 is 1.39. The maximum atomic E-state index is 12.2. The van der Waals surface area contributed by atoms with Crippen molar-refractivity contribution < 1.29 is 4.79 Å². The largest absolute Gasteiger partial charge is 0.325 e. The van der Waals surface area contributed by atoms with Gasteiger partial charge in [0.1, 0.15) is 6.33 Å². The highest BCUT2D eigenvalue weighted by atomic mass is 32.2. The van der Waals surface area contributed by atoms with E-state index < -0.39 is 0 Å². The van der Waals surface area contributed by atoms with Crippen LogP contribution in [0.1, 0.15) is 18.1 Å². The molecule has 1 aromatic carbocycles. The second-order valence-corrected chi connectivity index (χ2v) is 6.10. The molecule has 20 heavy (non-hydrogen) atoms. The van der Waals surface area contributed by atoms with Crippen molar-refractivity contribution in [1.82, 2.24) is 14.8 Å². The molecule has 0 radical (unpaired) electrons. The third-order valence-corrected chi connectivity index (χ3v) is 4.12. The lowest BCUT2D eigenvalue weighted by molar-refractivity contribution is -0.115. The topological polar surface area (TPSA) is 59.8 Å². The van der Waals surface area contributed by atoms with Gasteiger partial charge in [-0.15, -0.1) is 10.2 Å². The SMILES string of the molecule is Cc1ccc(C)c(NC(=O)[C@@H](C)Sc2nncn2C)c1. The van der Waals surface area contributed by atoms with Gasteiger partial charge in [0.2, 0.25) is 5.91 Å². The Hall–Kier alpha value is -1.82. The molecule has 1 amide bonds. The standard InChI is InChI=1S/C14H18N4OS/c1-9-5-6-10(2)12(7-9)16-13(19)11(3)20-14-17-15-8-18(14)4/h5-8,11H,1-4H3,(H,16,19)/t11-/m1/s1. The summed E-state index contributed by atoms with van der Waals surface area (Å²) in [6, 6.07) is 6.01. The van der Waals surface area contributed by atoms with Crippen LogP contribution < -0.4 is 5.32 Å². The van der Waals surface area contributed by atoms with Crippen molar-refractivity contribution in [2.45, 2.75) is 31.2 Å². The molecule has 1 aromatic heterocycles. The predicted octanol–water partition coefficient (Wildman–Crippen LogP) is 2.55. The number of hydrogen-bond acceptors (Lipinski definition) is 4. The van der Waals surface area contributed by atoms with Gasteiger partial charge < -0.3 is 9.88 Å². The maximum absolute atomic E-state index is 12.2. The molecule has 0 spiro atoms. The van der Waals surface area contributed by atoms with Crippen LogP contribution >= 0.6 is 11.8 Å². The van der Waals surface area contributed by atoms with Crippen molar-refractivity contribution in [1.29, 1.82) is 0 Å². The lowest BCUT2D eigenvalue weighted by atomic mass is 10.1. The van der Waals surface area contributed by atoms with Gasteiger partial charge >= 0.3 is 0 Å². The number of nitrogens with zero attached hydrogens (tertiary/aromatic N) is 3. The van der Waals surface area contributed by atoms with Gasteiger partial charge in [0.05, 0.1) is 5.25 Å². The Morgan fingerprint density at radius 3 is 2.80 bits per heavy atom. The second-order valence-electron chi connectivity index (χ2n) is 4.79. The lowest BCUT2D eigenvalue weighted by Crippen LogP contribution is -2.23. The molecule has 2 aromatic rings. The first-order chi connectivity index (χ1) is 9.47. The van der Waals surface area contributed by atoms with Crippen LogP contribution in [-0.4, -0.2) is 25.9 Å². The number of carbonyl (C=O) groups is 1. The van der Waals surface area contributed by atoms with E-state index in [1.165, 1.54) is 11.8 Å². The zero-order chi connectivity index (χ0) is 14.7. The summed E-state index contributed by atoms with van der Waals surface area (Å²) in [5.41, 5.74) is 3.04. The minimum atomic E-state index is -0.238. The Bertz CT molecular complexity index is 623. The van der Waals surface area contributed by atoms with E-state index in [1.54, 1.807) is 10.9 Å². The Morgan fingerprint density at radius 1 is 1.40 bits per heavy atom. The van der Waals surface area contributed by atoms with E-state index in [-0.39, 0.29) is 11.2 Å². The number of hydrogen-bond donors (Lipinski definition) is 1. The van der Waals surface area contributed by atoms with E-state index in [0.717, 1.165) is 22.0 Å². The highest BCUT2D eigenvalue weighted by molar-refractivity contribution is 8.00. The number of nitrogens with one attached hydrogen (secondary N) is 1. The van der Waals surface area contributed by atoms with Crippen LogP contribution in [0.5, 0.6) is 0 Å². The van der Waals surface area contributed by atoms with Crippen molar-refractivity contribution in [3.8, 4) is 0 Å². The summed E-state index contributed by atoms with van der Waals surface area (Å²) in [5, 5.41) is 11.2. The molecule has 0 aliphatic rings. The molecular weight excluding hydrogens is 272 g/mol. The van der Waals surface area contributed by atoms with E-state index in [9.17, 15) is 4.79 Å². The van der Waals surface area contributed by atoms with Crippen LogP contribution in [0.25, 0.3) is 0 Å². The predicted molar refractivity (Wildman–Crippen MR) is 80.9 cm³/mol. The Balaban J connectivity index is 2.04. The highest BCUT2D eigenvalue weighted by Gasteiger charge is 2.17. The molecule has 0 unspecified atom stereocenters. The summed E-state index contributed by atoms with van der Waals surface area (Å²) < 4.78 is 1.80. The number of benzene rings is 1. The van der Waals surface area contributed by atoms with Crippen molar-refractivity contribution in [2.75, 3.05) is 5.32 Å². The molecule has 1 atom stereocenters. The highest BCUT2D eigenvalue weighted by Crippen LogP contribution is 2.22. The van der Waals surface area contributed by atoms with E-state index in [0.29, 0.717) is 0 Å². The van der Waals surface area contributed by atoms with E-state index in [2.05, 4.69) is 15.5 Å². The van der Waals surface area contributed by atoms with Crippen LogP contribution in [0.3, 0.4) is 0 Å². The zero-order valence-corrected chi connectivity index (χ0v) is 12.9. The number of anilines is 1. The molecule has 0 aliphatic heterocycles. The molecule has 106 valence electrons. The molecule has 0 saturated heterocycles. The minimum Gasteiger partial charge on any atom is -0.325 e. The van der Waals surface area contributed by atoms with E-state index in [1.807, 2.05) is 46.0 Å². The first-order valence-corrected chi connectivity index (χ1v) is 7.24. The number of carbonyl (C=O) groups excluding carboxylic acids is 1. The Morgan fingerprint density at radius 2 is 2.15 bits per heavy atom. The minimum absolute atomic E-state index is 0.0355. The fraction of sp³-hybridized carbons (Fsp3) is 0.357. The second kappa shape index (κ2) is 6.09. The van der Waals surface area contributed by atoms with Gasteiger partial charge in [-0.3, -0.25) is 4.79 Å². The molecule has 5 nitrogen and oxygen atoms in total. The van der Waals surface area contributed by atoms with Crippen LogP contribution in [0.4, 0.5) is 5.69 Å². The van der Waals surface area contributed by atoms with Gasteiger partial charge in [-0.05, 0) is 38.0 Å². The third kappa shape index (κ3) is 3.39. The van der Waals surface area contributed by atoms with Gasteiger partial charge in [0.15, 0.2) is 5.16 Å². The zero-order valence-electron chi connectivity index (χ0n) is 12.0. The average Bonchev–Trinajstić information content (AvgIpc) is 2.79. The fourth-order valence-corrected chi connectivity index (χ4v) is 2.49. The van der Waals surface area contributed by atoms with Gasteiger partial charge in [-0.1, -0.05) is 23.9 Å². The monoisotopic (exact) mass is 290 g/mol. The summed E-state index contributed by atoms with van der Waals surface area (Å²) in [7, 11) is 1.86. The first kappa shape index (κ1) is 14.6. The van der Waals surface area contributed by atoms with Crippen molar-refractivity contribution in [3.05, 3.63) is 35.7 Å². The van der Waals surface area contributed by atoms with E-state index >= 15 is 0 Å². The molecular formula is C14H18N4OS. The van der Waals surface area contributed by atoms with Crippen molar-refractivity contribution in [2.24, 2.45) is 7.05 Å². The Labute approximate surface area is 122 Å². The molecule has 0 bridgehead atoms. The summed E-state index contributed by atoms with van der Waals surface area (Å²) in [5.74, 6) is -0.0355. The number of aromatic nitrogens is 3. The quantitative estimate of drug-likeness (QED) is 0.879. The smallest absolute Gasteiger partial charge is 0.237 e. The van der Waals surface area contributed by atoms with Crippen LogP contribution in [0, 0.1) is 13.8 Å². The van der Waals surface area contributed by atoms with Gasteiger partial charge in [0.25, 0.3) is 0 Å². The molecule has 6 heteroatoms. The number of thioether (sulfide) groups is 1. The molecule has 1 heterocycles. The fourth-order valence-electron chi connectivity index (χ4n) is 1.70. The van der Waals surface area contributed by atoms with Gasteiger partial charge in [-0.2, -0.15) is 0 Å². The summed E-state index contributed by atoms with van der Waals surface area (Å²) in [6.45, 7) is 5.85. The van der Waals surface area contributed by atoms with Crippen LogP contribution in [-0.2, 0) is 11.8 Å². The first-order valence-electron chi connectivity index (χ1n) is 6.36. The van der Waals surface area contributed by atoms with E-state index in [4.69, 9.17) is 0 Å². The summed E-state index contributed by atoms with van der Waals surface area (Å²) in [6.07, 6.45) is 1.62. The third-order valence-electron chi connectivity index (χ3n) is 2.97. The number of amides is 1. The summed E-state index contributed by atoms with van der Waals surface area (Å²) in [4.78, 5) is 12.2. The molecule has 2 rings (SSSR count). The van der Waals surface area contributed by atoms with Crippen LogP contribution in [0.2, 0.25) is 0 Å². The molecule has 0 aliphatic carbocycles. The maximum Gasteiger partial charge on any atom is 0.237 e. The lowest BCUT2D eigenvalue weighted by Gasteiger charge is -2.13. The number of aryl methyl sites for hydroxylation is 3. The van der Waals surface area contributed by atoms with Gasteiger partial charge in [0, 0.05) is 12.7 Å². The molecule has 1 N–H and O–H groups in total. The number of rotatable bonds is 4. The van der Waals surface area contributed by atoms with Crippen molar-refractivity contribution in [3.63, 3.8) is 0 Å².